The van der Waals surface area contributed by atoms with Crippen LogP contribution in [-0.4, -0.2) is 33.8 Å². The molecule has 1 saturated heterocycles. The van der Waals surface area contributed by atoms with Crippen molar-refractivity contribution < 1.29 is 10.4 Å². The highest BCUT2D eigenvalue weighted by Gasteiger charge is 2.21. The largest absolute Gasteiger partial charge is 0.508 e. The number of quaternary nitrogens is 1. The number of phenolic OH excluding ortho intramolecular Hbond substituents is 1. The van der Waals surface area contributed by atoms with Gasteiger partial charge in [0.1, 0.15) is 17.6 Å². The average molecular weight is 394 g/mol. The van der Waals surface area contributed by atoms with Gasteiger partial charge in [0.25, 0.3) is 5.56 Å². The normalized spacial score (nSPS) is 16.8. The summed E-state index contributed by atoms with van der Waals surface area (Å²) in [4.78, 5) is 18.4. The second-order valence-corrected chi connectivity index (χ2v) is 7.84. The van der Waals surface area contributed by atoms with Gasteiger partial charge < -0.3 is 15.7 Å². The first kappa shape index (κ1) is 19.5. The molecule has 1 aromatic heterocycles. The molecule has 0 saturated carbocycles. The minimum absolute atomic E-state index is 0.0209. The van der Waals surface area contributed by atoms with Crippen LogP contribution in [0.25, 0.3) is 22.3 Å². The zero-order valence-electron chi connectivity index (χ0n) is 16.9. The van der Waals surface area contributed by atoms with Crippen LogP contribution in [0.1, 0.15) is 32.6 Å². The quantitative estimate of drug-likeness (QED) is 0.601. The van der Waals surface area contributed by atoms with Crippen molar-refractivity contribution >= 4 is 16.6 Å². The van der Waals surface area contributed by atoms with Crippen molar-refractivity contribution in [1.82, 2.24) is 9.55 Å². The van der Waals surface area contributed by atoms with Crippen LogP contribution in [0, 0.1) is 0 Å². The van der Waals surface area contributed by atoms with E-state index in [-0.39, 0.29) is 11.3 Å². The van der Waals surface area contributed by atoms with Crippen LogP contribution >= 0.6 is 0 Å². The highest BCUT2D eigenvalue weighted by molar-refractivity contribution is 5.83. The Labute approximate surface area is 170 Å². The summed E-state index contributed by atoms with van der Waals surface area (Å²) >= 11 is 0. The van der Waals surface area contributed by atoms with Gasteiger partial charge >= 0.3 is 0 Å². The molecule has 1 unspecified atom stereocenters. The molecule has 0 aliphatic carbocycles. The van der Waals surface area contributed by atoms with Gasteiger partial charge in [-0.25, -0.2) is 4.98 Å². The summed E-state index contributed by atoms with van der Waals surface area (Å²) in [5.74, 6) is 0.790. The third kappa shape index (κ3) is 4.27. The predicted octanol–water partition coefficient (Wildman–Crippen LogP) is 2.71. The number of hydrogen-bond donors (Lipinski definition) is 3. The Morgan fingerprint density at radius 2 is 2.14 bits per heavy atom. The number of rotatable bonds is 6. The highest BCUT2D eigenvalue weighted by Crippen LogP contribution is 2.24. The van der Waals surface area contributed by atoms with Gasteiger partial charge in [-0.2, -0.15) is 0 Å². The molecular weight excluding hydrogens is 364 g/mol. The van der Waals surface area contributed by atoms with E-state index in [4.69, 9.17) is 4.98 Å². The molecule has 0 spiro atoms. The summed E-state index contributed by atoms with van der Waals surface area (Å²) in [6, 6.07) is 13.1. The van der Waals surface area contributed by atoms with Crippen molar-refractivity contribution in [3.8, 4) is 17.1 Å². The lowest BCUT2D eigenvalue weighted by Gasteiger charge is -2.23. The third-order valence-corrected chi connectivity index (χ3v) is 5.58. The van der Waals surface area contributed by atoms with E-state index in [1.54, 1.807) is 22.8 Å². The van der Waals surface area contributed by atoms with E-state index in [1.807, 2.05) is 24.3 Å². The fourth-order valence-corrected chi connectivity index (χ4v) is 4.06. The summed E-state index contributed by atoms with van der Waals surface area (Å²) in [6.45, 7) is 4.71. The van der Waals surface area contributed by atoms with Crippen LogP contribution in [0.15, 0.2) is 47.3 Å². The first-order chi connectivity index (χ1) is 14.2. The van der Waals surface area contributed by atoms with Gasteiger partial charge in [0.15, 0.2) is 0 Å². The van der Waals surface area contributed by atoms with Gasteiger partial charge in [-0.1, -0.05) is 19.1 Å². The Balaban J connectivity index is 1.84. The topological polar surface area (TPSA) is 83.8 Å². The Morgan fingerprint density at radius 1 is 1.24 bits per heavy atom. The smallest absolute Gasteiger partial charge is 0.261 e. The zero-order valence-corrected chi connectivity index (χ0v) is 16.9. The molecule has 1 fully saturated rings. The van der Waals surface area contributed by atoms with E-state index < -0.39 is 0 Å². The number of fused-ring (bicyclic) bond motifs is 1. The van der Waals surface area contributed by atoms with Gasteiger partial charge in [-0.15, -0.1) is 0 Å². The summed E-state index contributed by atoms with van der Waals surface area (Å²) in [7, 11) is 0. The van der Waals surface area contributed by atoms with E-state index in [2.05, 4.69) is 17.6 Å². The lowest BCUT2D eigenvalue weighted by atomic mass is 10.0. The molecular formula is C23H29N4O2+. The van der Waals surface area contributed by atoms with Crippen molar-refractivity contribution in [2.24, 2.45) is 0 Å². The predicted molar refractivity (Wildman–Crippen MR) is 116 cm³/mol. The molecule has 0 bridgehead atoms. The summed E-state index contributed by atoms with van der Waals surface area (Å²) in [6.07, 6.45) is 4.55. The number of hydrogen-bond acceptors (Lipinski definition) is 4. The Hall–Kier alpha value is -2.86. The average Bonchev–Trinajstić information content (AvgIpc) is 2.75. The second kappa shape index (κ2) is 8.66. The van der Waals surface area contributed by atoms with E-state index in [9.17, 15) is 9.90 Å². The zero-order chi connectivity index (χ0) is 20.2. The summed E-state index contributed by atoms with van der Waals surface area (Å²) in [5.41, 5.74) is 2.36. The first-order valence-corrected chi connectivity index (χ1v) is 10.6. The van der Waals surface area contributed by atoms with Crippen LogP contribution < -0.4 is 16.2 Å². The molecule has 1 aliphatic heterocycles. The van der Waals surface area contributed by atoms with Gasteiger partial charge in [-0.3, -0.25) is 9.36 Å². The molecule has 2 heterocycles. The van der Waals surface area contributed by atoms with Crippen LogP contribution in [0.2, 0.25) is 0 Å². The maximum Gasteiger partial charge on any atom is 0.261 e. The fraction of sp³-hybridized carbons (Fsp3) is 0.391. The van der Waals surface area contributed by atoms with Crippen molar-refractivity contribution in [3.05, 3.63) is 52.8 Å². The maximum absolute atomic E-state index is 13.5. The molecule has 29 heavy (non-hydrogen) atoms. The molecule has 2 aromatic carbocycles. The molecule has 0 amide bonds. The number of anilines is 1. The van der Waals surface area contributed by atoms with Crippen molar-refractivity contribution in [1.29, 1.82) is 0 Å². The SMILES string of the molecule is CCCNc1ccc2nc(-c3cccc(O)c3)n(CC3CCCC[NH2+]3)c(=O)c2c1. The van der Waals surface area contributed by atoms with Crippen LogP contribution in [0.3, 0.4) is 0 Å². The maximum atomic E-state index is 13.5. The number of phenols is 1. The van der Waals surface area contributed by atoms with Gasteiger partial charge in [0.05, 0.1) is 24.0 Å². The number of aromatic nitrogens is 2. The van der Waals surface area contributed by atoms with Crippen LogP contribution in [0.4, 0.5) is 5.69 Å². The lowest BCUT2D eigenvalue weighted by molar-refractivity contribution is -0.698. The molecule has 6 nitrogen and oxygen atoms in total. The summed E-state index contributed by atoms with van der Waals surface area (Å²) in [5, 5.41) is 16.3. The number of nitrogens with zero attached hydrogens (tertiary/aromatic N) is 2. The minimum atomic E-state index is -0.0209. The second-order valence-electron chi connectivity index (χ2n) is 7.84. The van der Waals surface area contributed by atoms with Crippen molar-refractivity contribution in [2.75, 3.05) is 18.4 Å². The molecule has 4 rings (SSSR count). The monoisotopic (exact) mass is 393 g/mol. The fourth-order valence-electron chi connectivity index (χ4n) is 4.06. The number of benzene rings is 2. The van der Waals surface area contributed by atoms with Gasteiger partial charge in [0, 0.05) is 24.2 Å². The van der Waals surface area contributed by atoms with E-state index in [0.29, 0.717) is 29.3 Å². The third-order valence-electron chi connectivity index (χ3n) is 5.58. The summed E-state index contributed by atoms with van der Waals surface area (Å²) < 4.78 is 1.80. The first-order valence-electron chi connectivity index (χ1n) is 10.6. The number of nitrogens with one attached hydrogen (secondary N) is 1. The Kier molecular flexibility index (Phi) is 5.81. The molecule has 0 radical (unpaired) electrons. The van der Waals surface area contributed by atoms with Crippen molar-refractivity contribution in [2.45, 2.75) is 45.2 Å². The number of nitrogens with two attached hydrogens (primary N) is 1. The molecule has 4 N–H and O–H groups in total. The van der Waals surface area contributed by atoms with E-state index in [1.165, 1.54) is 12.8 Å². The van der Waals surface area contributed by atoms with Gasteiger partial charge in [-0.05, 0) is 49.6 Å². The number of aromatic hydroxyl groups is 1. The Bertz CT molecular complexity index is 1050. The van der Waals surface area contributed by atoms with E-state index >= 15 is 0 Å². The van der Waals surface area contributed by atoms with Gasteiger partial charge in [0.2, 0.25) is 0 Å². The number of piperidine rings is 1. The molecule has 152 valence electrons. The minimum Gasteiger partial charge on any atom is -0.508 e. The molecule has 3 aromatic rings. The Morgan fingerprint density at radius 3 is 2.90 bits per heavy atom. The van der Waals surface area contributed by atoms with Crippen LogP contribution in [0.5, 0.6) is 5.75 Å². The lowest BCUT2D eigenvalue weighted by Crippen LogP contribution is -2.92. The molecule has 1 atom stereocenters. The standard InChI is InChI=1S/C23H28N4O2/c1-2-11-24-17-9-10-21-20(14-17)23(29)27(15-18-7-3-4-12-25-18)22(26-21)16-6-5-8-19(28)13-16/h5-6,8-10,13-14,18,24-25,28H,2-4,7,11-12,15H2,1H3/p+1. The van der Waals surface area contributed by atoms with Crippen molar-refractivity contribution in [3.63, 3.8) is 0 Å². The highest BCUT2D eigenvalue weighted by atomic mass is 16.3. The molecule has 6 heteroatoms. The molecule has 1 aliphatic rings. The van der Waals surface area contributed by atoms with E-state index in [0.717, 1.165) is 37.2 Å². The van der Waals surface area contributed by atoms with Crippen LogP contribution in [-0.2, 0) is 6.54 Å².